The summed E-state index contributed by atoms with van der Waals surface area (Å²) in [4.78, 5) is 0. The number of hydrogen-bond acceptors (Lipinski definition) is 1. The van der Waals surface area contributed by atoms with Crippen molar-refractivity contribution in [1.29, 1.82) is 0 Å². The molecule has 0 bridgehead atoms. The smallest absolute Gasteiger partial charge is 0.00173 e. The van der Waals surface area contributed by atoms with Crippen molar-refractivity contribution < 1.29 is 0 Å². The van der Waals surface area contributed by atoms with Crippen molar-refractivity contribution in [3.05, 3.63) is 35.4 Å². The largest absolute Gasteiger partial charge is 0.330 e. The Bertz CT molecular complexity index is 337. The van der Waals surface area contributed by atoms with E-state index in [0.29, 0.717) is 5.41 Å². The van der Waals surface area contributed by atoms with Crippen LogP contribution in [-0.2, 0) is 6.42 Å². The van der Waals surface area contributed by atoms with Gasteiger partial charge in [-0.2, -0.15) is 0 Å². The predicted molar refractivity (Wildman–Crippen MR) is 69.5 cm³/mol. The summed E-state index contributed by atoms with van der Waals surface area (Å²) in [5.74, 6) is 0. The Morgan fingerprint density at radius 3 is 2.56 bits per heavy atom. The van der Waals surface area contributed by atoms with E-state index in [1.807, 2.05) is 0 Å². The third-order valence-electron chi connectivity index (χ3n) is 4.01. The van der Waals surface area contributed by atoms with Crippen LogP contribution in [0.5, 0.6) is 0 Å². The van der Waals surface area contributed by atoms with Crippen LogP contribution in [0.2, 0.25) is 0 Å². The monoisotopic (exact) mass is 217 g/mol. The zero-order chi connectivity index (χ0) is 11.4. The molecular formula is C15H23N. The van der Waals surface area contributed by atoms with Crippen molar-refractivity contribution in [2.45, 2.75) is 45.4 Å². The molecule has 0 aliphatic heterocycles. The van der Waals surface area contributed by atoms with Gasteiger partial charge in [-0.15, -0.1) is 0 Å². The molecular weight excluding hydrogens is 194 g/mol. The molecule has 0 heterocycles. The van der Waals surface area contributed by atoms with Crippen LogP contribution in [-0.4, -0.2) is 6.54 Å². The summed E-state index contributed by atoms with van der Waals surface area (Å²) in [5.41, 5.74) is 9.25. The number of rotatable bonds is 3. The molecule has 0 atom stereocenters. The zero-order valence-corrected chi connectivity index (χ0v) is 10.3. The van der Waals surface area contributed by atoms with Gasteiger partial charge in [-0.3, -0.25) is 0 Å². The van der Waals surface area contributed by atoms with Crippen LogP contribution in [0.1, 0.15) is 43.2 Å². The SMILES string of the molecule is Cc1cccc(CC2(CN)CCCCC2)c1. The summed E-state index contributed by atoms with van der Waals surface area (Å²) in [7, 11) is 0. The van der Waals surface area contributed by atoms with E-state index in [0.717, 1.165) is 6.54 Å². The molecule has 0 radical (unpaired) electrons. The molecule has 1 heteroatoms. The Morgan fingerprint density at radius 1 is 1.19 bits per heavy atom. The highest BCUT2D eigenvalue weighted by atomic mass is 14.6. The van der Waals surface area contributed by atoms with Gasteiger partial charge in [-0.05, 0) is 43.7 Å². The molecule has 0 spiro atoms. The van der Waals surface area contributed by atoms with Crippen molar-refractivity contribution in [3.63, 3.8) is 0 Å². The summed E-state index contributed by atoms with van der Waals surface area (Å²) in [6.45, 7) is 3.01. The van der Waals surface area contributed by atoms with E-state index in [1.54, 1.807) is 0 Å². The van der Waals surface area contributed by atoms with E-state index in [1.165, 1.54) is 49.7 Å². The molecule has 2 rings (SSSR count). The average molecular weight is 217 g/mol. The molecule has 1 saturated carbocycles. The van der Waals surface area contributed by atoms with Crippen LogP contribution in [0, 0.1) is 12.3 Å². The zero-order valence-electron chi connectivity index (χ0n) is 10.3. The molecule has 1 aromatic carbocycles. The average Bonchev–Trinajstić information content (AvgIpc) is 2.30. The molecule has 1 aliphatic rings. The van der Waals surface area contributed by atoms with Gasteiger partial charge in [0, 0.05) is 0 Å². The van der Waals surface area contributed by atoms with Gasteiger partial charge >= 0.3 is 0 Å². The summed E-state index contributed by atoms with van der Waals surface area (Å²) < 4.78 is 0. The van der Waals surface area contributed by atoms with Gasteiger partial charge in [-0.1, -0.05) is 49.1 Å². The lowest BCUT2D eigenvalue weighted by Crippen LogP contribution is -2.34. The molecule has 1 aromatic rings. The quantitative estimate of drug-likeness (QED) is 0.824. The summed E-state index contributed by atoms with van der Waals surface area (Å²) in [6, 6.07) is 8.89. The van der Waals surface area contributed by atoms with E-state index in [2.05, 4.69) is 31.2 Å². The van der Waals surface area contributed by atoms with Gasteiger partial charge in [0.15, 0.2) is 0 Å². The maximum atomic E-state index is 6.02. The van der Waals surface area contributed by atoms with E-state index in [9.17, 15) is 0 Å². The van der Waals surface area contributed by atoms with Gasteiger partial charge in [0.05, 0.1) is 0 Å². The first-order chi connectivity index (χ1) is 7.74. The lowest BCUT2D eigenvalue weighted by Gasteiger charge is -2.36. The van der Waals surface area contributed by atoms with Crippen LogP contribution in [0.3, 0.4) is 0 Å². The Labute approximate surface area is 99.0 Å². The van der Waals surface area contributed by atoms with E-state index in [-0.39, 0.29) is 0 Å². The molecule has 2 N–H and O–H groups in total. The van der Waals surface area contributed by atoms with Crippen LogP contribution in [0.25, 0.3) is 0 Å². The molecule has 88 valence electrons. The first-order valence-electron chi connectivity index (χ1n) is 6.50. The summed E-state index contributed by atoms with van der Waals surface area (Å²) in [6.07, 6.45) is 7.93. The van der Waals surface area contributed by atoms with Crippen molar-refractivity contribution in [2.24, 2.45) is 11.1 Å². The van der Waals surface area contributed by atoms with Gasteiger partial charge < -0.3 is 5.73 Å². The third-order valence-corrected chi connectivity index (χ3v) is 4.01. The minimum Gasteiger partial charge on any atom is -0.330 e. The highest BCUT2D eigenvalue weighted by Gasteiger charge is 2.30. The second-order valence-corrected chi connectivity index (χ2v) is 5.43. The second-order valence-electron chi connectivity index (χ2n) is 5.43. The van der Waals surface area contributed by atoms with Crippen LogP contribution < -0.4 is 5.73 Å². The first kappa shape index (κ1) is 11.7. The molecule has 0 saturated heterocycles. The fourth-order valence-corrected chi connectivity index (χ4v) is 3.01. The topological polar surface area (TPSA) is 26.0 Å². The maximum Gasteiger partial charge on any atom is -0.00173 e. The molecule has 1 fully saturated rings. The lowest BCUT2D eigenvalue weighted by atomic mass is 9.70. The van der Waals surface area contributed by atoms with Gasteiger partial charge in [0.2, 0.25) is 0 Å². The van der Waals surface area contributed by atoms with Gasteiger partial charge in [0.1, 0.15) is 0 Å². The molecule has 0 aromatic heterocycles. The minimum atomic E-state index is 0.395. The lowest BCUT2D eigenvalue weighted by molar-refractivity contribution is 0.197. The molecule has 0 unspecified atom stereocenters. The van der Waals surface area contributed by atoms with E-state index < -0.39 is 0 Å². The van der Waals surface area contributed by atoms with Crippen LogP contribution >= 0.6 is 0 Å². The first-order valence-corrected chi connectivity index (χ1v) is 6.50. The Kier molecular flexibility index (Phi) is 3.65. The fourth-order valence-electron chi connectivity index (χ4n) is 3.01. The number of hydrogen-bond donors (Lipinski definition) is 1. The van der Waals surface area contributed by atoms with Gasteiger partial charge in [-0.25, -0.2) is 0 Å². The Morgan fingerprint density at radius 2 is 1.94 bits per heavy atom. The van der Waals surface area contributed by atoms with Crippen molar-refractivity contribution in [3.8, 4) is 0 Å². The number of aryl methyl sites for hydroxylation is 1. The standard InChI is InChI=1S/C15H23N/c1-13-6-5-7-14(10-13)11-15(12-16)8-3-2-4-9-15/h5-7,10H,2-4,8-9,11-12,16H2,1H3. The molecule has 1 aliphatic carbocycles. The third kappa shape index (κ3) is 2.65. The number of nitrogens with two attached hydrogens (primary N) is 1. The number of benzene rings is 1. The fraction of sp³-hybridized carbons (Fsp3) is 0.600. The van der Waals surface area contributed by atoms with Crippen LogP contribution in [0.15, 0.2) is 24.3 Å². The molecule has 0 amide bonds. The molecule has 1 nitrogen and oxygen atoms in total. The van der Waals surface area contributed by atoms with E-state index >= 15 is 0 Å². The second kappa shape index (κ2) is 5.01. The highest BCUT2D eigenvalue weighted by molar-refractivity contribution is 5.23. The van der Waals surface area contributed by atoms with Crippen molar-refractivity contribution >= 4 is 0 Å². The minimum absolute atomic E-state index is 0.395. The van der Waals surface area contributed by atoms with Gasteiger partial charge in [0.25, 0.3) is 0 Å². The molecule has 16 heavy (non-hydrogen) atoms. The van der Waals surface area contributed by atoms with Crippen molar-refractivity contribution in [2.75, 3.05) is 6.54 Å². The predicted octanol–water partition coefficient (Wildman–Crippen LogP) is 3.45. The highest BCUT2D eigenvalue weighted by Crippen LogP contribution is 2.38. The van der Waals surface area contributed by atoms with Crippen molar-refractivity contribution in [1.82, 2.24) is 0 Å². The Hall–Kier alpha value is -0.820. The normalized spacial score (nSPS) is 19.6. The Balaban J connectivity index is 2.11. The maximum absolute atomic E-state index is 6.02. The van der Waals surface area contributed by atoms with E-state index in [4.69, 9.17) is 5.73 Å². The van der Waals surface area contributed by atoms with Crippen LogP contribution in [0.4, 0.5) is 0 Å². The summed E-state index contributed by atoms with van der Waals surface area (Å²) in [5, 5.41) is 0. The summed E-state index contributed by atoms with van der Waals surface area (Å²) >= 11 is 0.